The van der Waals surface area contributed by atoms with Crippen molar-refractivity contribution in [3.8, 4) is 11.7 Å². The number of ether oxygens (including phenoxy) is 1. The van der Waals surface area contributed by atoms with Gasteiger partial charge in [0.1, 0.15) is 0 Å². The van der Waals surface area contributed by atoms with Crippen LogP contribution in [0.15, 0.2) is 59.6 Å². The van der Waals surface area contributed by atoms with E-state index in [9.17, 15) is 26.4 Å². The van der Waals surface area contributed by atoms with Gasteiger partial charge in [0.25, 0.3) is 15.9 Å². The molecule has 1 N–H and O–H groups in total. The number of rotatable bonds is 9. The molecule has 0 spiro atoms. The van der Waals surface area contributed by atoms with E-state index in [0.29, 0.717) is 17.4 Å². The van der Waals surface area contributed by atoms with Gasteiger partial charge in [-0.25, -0.2) is 22.8 Å². The number of halogens is 3. The molecule has 12 heteroatoms. The van der Waals surface area contributed by atoms with Gasteiger partial charge in [-0.3, -0.25) is 4.79 Å². The van der Waals surface area contributed by atoms with Crippen molar-refractivity contribution < 1.29 is 31.1 Å². The van der Waals surface area contributed by atoms with Gasteiger partial charge in [-0.2, -0.15) is 13.2 Å². The predicted molar refractivity (Wildman–Crippen MR) is 145 cm³/mol. The van der Waals surface area contributed by atoms with Gasteiger partial charge in [-0.05, 0) is 67.7 Å². The molecule has 2 saturated carbocycles. The molecule has 3 aromatic rings. The minimum Gasteiger partial charge on any atom is -0.477 e. The first-order valence-electron chi connectivity index (χ1n) is 13.6. The first kappa shape index (κ1) is 29.1. The lowest BCUT2D eigenvalue weighted by Gasteiger charge is -2.28. The fraction of sp³-hybridized carbons (Fsp3) is 0.483. The Morgan fingerprint density at radius 2 is 1.83 bits per heavy atom. The number of benzene rings is 1. The van der Waals surface area contributed by atoms with Crippen molar-refractivity contribution in [2.24, 2.45) is 16.7 Å². The van der Waals surface area contributed by atoms with Crippen molar-refractivity contribution in [3.05, 3.63) is 66.0 Å². The molecular formula is C29H33F3N4O4S. The molecule has 2 heterocycles. The molecule has 0 radical (unpaired) electrons. The first-order chi connectivity index (χ1) is 19.2. The van der Waals surface area contributed by atoms with Crippen LogP contribution in [0.2, 0.25) is 0 Å². The third-order valence-corrected chi connectivity index (χ3v) is 9.65. The van der Waals surface area contributed by atoms with Gasteiger partial charge in [0.2, 0.25) is 5.88 Å². The fourth-order valence-corrected chi connectivity index (χ4v) is 6.89. The lowest BCUT2D eigenvalue weighted by Crippen LogP contribution is -2.32. The molecule has 2 aliphatic rings. The number of amides is 1. The van der Waals surface area contributed by atoms with E-state index in [1.165, 1.54) is 22.9 Å². The lowest BCUT2D eigenvalue weighted by molar-refractivity contribution is -0.190. The van der Waals surface area contributed by atoms with Crippen molar-refractivity contribution in [1.29, 1.82) is 0 Å². The van der Waals surface area contributed by atoms with E-state index in [1.54, 1.807) is 36.5 Å². The van der Waals surface area contributed by atoms with Crippen LogP contribution in [0, 0.1) is 16.7 Å². The van der Waals surface area contributed by atoms with Gasteiger partial charge in [0.15, 0.2) is 5.82 Å². The summed E-state index contributed by atoms with van der Waals surface area (Å²) in [7, 11) is -4.10. The Bertz CT molecular complexity index is 1530. The van der Waals surface area contributed by atoms with Gasteiger partial charge in [0, 0.05) is 18.2 Å². The van der Waals surface area contributed by atoms with Crippen molar-refractivity contribution in [1.82, 2.24) is 19.5 Å². The molecule has 1 amide bonds. The third-order valence-electron chi connectivity index (χ3n) is 8.31. The number of hydrogen-bond donors (Lipinski definition) is 1. The molecule has 1 unspecified atom stereocenters. The summed E-state index contributed by atoms with van der Waals surface area (Å²) >= 11 is 0. The number of pyridine rings is 1. The Balaban J connectivity index is 1.40. The molecule has 2 aromatic heterocycles. The monoisotopic (exact) mass is 590 g/mol. The average molecular weight is 591 g/mol. The maximum Gasteiger partial charge on any atom is 0.394 e. The van der Waals surface area contributed by atoms with Crippen LogP contribution in [-0.4, -0.2) is 41.9 Å². The van der Waals surface area contributed by atoms with E-state index in [2.05, 4.69) is 30.6 Å². The Labute approximate surface area is 237 Å². The normalized spacial score (nSPS) is 21.4. The van der Waals surface area contributed by atoms with Crippen molar-refractivity contribution in [3.63, 3.8) is 0 Å². The summed E-state index contributed by atoms with van der Waals surface area (Å²) in [5, 5.41) is 4.33. The standard InChI is InChI=1S/C29H33F3N4O4S/c1-19-17-22(27(2,3)18-19)25-21(26(37)35-41(38,39)20-7-5-4-6-8-20)9-10-23(33-25)36-15-11-24(34-36)40-16-14-28(12-13-28)29(30,31)32/h4-11,15,19,22H,12-14,16-18H2,1-3H3,(H,35,37)/t19-,22?/m1/s1. The highest BCUT2D eigenvalue weighted by molar-refractivity contribution is 7.90. The maximum atomic E-state index is 13.4. The van der Waals surface area contributed by atoms with E-state index in [0.717, 1.165) is 12.8 Å². The zero-order valence-electron chi connectivity index (χ0n) is 23.1. The van der Waals surface area contributed by atoms with Crippen LogP contribution < -0.4 is 9.46 Å². The summed E-state index contributed by atoms with van der Waals surface area (Å²) in [6.45, 7) is 6.22. The Kier molecular flexibility index (Phi) is 7.42. The minimum atomic E-state index is -4.24. The quantitative estimate of drug-likeness (QED) is 0.326. The number of carbonyl (C=O) groups is 1. The van der Waals surface area contributed by atoms with Crippen LogP contribution in [0.25, 0.3) is 5.82 Å². The minimum absolute atomic E-state index is 0.0267. The Morgan fingerprint density at radius 3 is 2.44 bits per heavy atom. The second-order valence-corrected chi connectivity index (χ2v) is 13.6. The second-order valence-electron chi connectivity index (χ2n) is 11.9. The Morgan fingerprint density at radius 1 is 1.12 bits per heavy atom. The smallest absolute Gasteiger partial charge is 0.394 e. The Hall–Kier alpha value is -3.41. The van der Waals surface area contributed by atoms with Gasteiger partial charge < -0.3 is 4.74 Å². The van der Waals surface area contributed by atoms with E-state index in [4.69, 9.17) is 9.72 Å². The van der Waals surface area contributed by atoms with Crippen LogP contribution in [0.4, 0.5) is 13.2 Å². The molecule has 0 aliphatic heterocycles. The highest BCUT2D eigenvalue weighted by Gasteiger charge is 2.62. The summed E-state index contributed by atoms with van der Waals surface area (Å²) in [4.78, 5) is 18.1. The third kappa shape index (κ3) is 5.98. The van der Waals surface area contributed by atoms with Crippen molar-refractivity contribution in [2.45, 2.75) is 69.9 Å². The van der Waals surface area contributed by atoms with E-state index in [1.807, 2.05) is 0 Å². The van der Waals surface area contributed by atoms with Gasteiger partial charge in [0.05, 0.1) is 28.2 Å². The predicted octanol–water partition coefficient (Wildman–Crippen LogP) is 6.04. The van der Waals surface area contributed by atoms with Crippen LogP contribution >= 0.6 is 0 Å². The summed E-state index contributed by atoms with van der Waals surface area (Å²) in [5.41, 5.74) is -1.22. The zero-order chi connectivity index (χ0) is 29.6. The van der Waals surface area contributed by atoms with Crippen LogP contribution in [0.1, 0.15) is 74.8 Å². The number of alkyl halides is 3. The number of nitrogens with one attached hydrogen (secondary N) is 1. The van der Waals surface area contributed by atoms with Gasteiger partial charge in [-0.1, -0.05) is 39.0 Å². The summed E-state index contributed by atoms with van der Waals surface area (Å²) in [5.74, 6) is 0.0153. The molecule has 0 bridgehead atoms. The molecule has 220 valence electrons. The SMILES string of the molecule is C[C@@H]1CC(c2nc(-n3ccc(OCCC4(C(F)(F)F)CC4)n3)ccc2C(=O)NS(=O)(=O)c2ccccc2)C(C)(C)C1. The van der Waals surface area contributed by atoms with Gasteiger partial charge in [-0.15, -0.1) is 5.10 Å². The van der Waals surface area contributed by atoms with Crippen molar-refractivity contribution >= 4 is 15.9 Å². The fourth-order valence-electron chi connectivity index (χ4n) is 5.90. The summed E-state index contributed by atoms with van der Waals surface area (Å²) < 4.78 is 74.5. The van der Waals surface area contributed by atoms with E-state index in [-0.39, 0.29) is 53.5 Å². The highest BCUT2D eigenvalue weighted by Crippen LogP contribution is 2.59. The summed E-state index contributed by atoms with van der Waals surface area (Å²) in [6, 6.07) is 12.3. The number of carbonyl (C=O) groups excluding carboxylic acids is 1. The molecule has 0 saturated heterocycles. The highest BCUT2D eigenvalue weighted by atomic mass is 32.2. The topological polar surface area (TPSA) is 103 Å². The van der Waals surface area contributed by atoms with Crippen LogP contribution in [0.5, 0.6) is 5.88 Å². The molecule has 1 aromatic carbocycles. The van der Waals surface area contributed by atoms with E-state index < -0.39 is 27.5 Å². The molecule has 41 heavy (non-hydrogen) atoms. The molecular weight excluding hydrogens is 557 g/mol. The largest absolute Gasteiger partial charge is 0.477 e. The van der Waals surface area contributed by atoms with E-state index >= 15 is 0 Å². The molecule has 5 rings (SSSR count). The number of aromatic nitrogens is 3. The zero-order valence-corrected chi connectivity index (χ0v) is 23.9. The van der Waals surface area contributed by atoms with Crippen LogP contribution in [0.3, 0.4) is 0 Å². The van der Waals surface area contributed by atoms with Crippen molar-refractivity contribution in [2.75, 3.05) is 6.61 Å². The van der Waals surface area contributed by atoms with Crippen LogP contribution in [-0.2, 0) is 10.0 Å². The number of nitrogens with zero attached hydrogens (tertiary/aromatic N) is 3. The van der Waals surface area contributed by atoms with Gasteiger partial charge >= 0.3 is 6.18 Å². The first-order valence-corrected chi connectivity index (χ1v) is 15.1. The lowest BCUT2D eigenvalue weighted by atomic mass is 9.78. The maximum absolute atomic E-state index is 13.4. The molecule has 2 atom stereocenters. The molecule has 2 aliphatic carbocycles. The number of sulfonamides is 1. The molecule has 8 nitrogen and oxygen atoms in total. The molecule has 2 fully saturated rings. The second kappa shape index (κ2) is 10.5. The average Bonchev–Trinajstić information content (AvgIpc) is 3.47. The number of hydrogen-bond acceptors (Lipinski definition) is 6. The summed E-state index contributed by atoms with van der Waals surface area (Å²) in [6.07, 6.45) is -0.879.